The van der Waals surface area contributed by atoms with Crippen LogP contribution in [0.2, 0.25) is 0 Å². The summed E-state index contributed by atoms with van der Waals surface area (Å²) in [5.41, 5.74) is 1.01. The molecular formula is C12H14FNO. The highest BCUT2D eigenvalue weighted by Gasteiger charge is 2.22. The van der Waals surface area contributed by atoms with E-state index < -0.39 is 0 Å². The fourth-order valence-corrected chi connectivity index (χ4v) is 1.56. The van der Waals surface area contributed by atoms with Crippen LogP contribution >= 0.6 is 0 Å². The average Bonchev–Trinajstić information content (AvgIpc) is 2.68. The summed E-state index contributed by atoms with van der Waals surface area (Å²) >= 11 is 0. The molecule has 0 amide bonds. The van der Waals surface area contributed by atoms with Gasteiger partial charge < -0.3 is 4.74 Å². The monoisotopic (exact) mass is 207 g/mol. The van der Waals surface area contributed by atoms with Crippen molar-refractivity contribution in [3.8, 4) is 0 Å². The fourth-order valence-electron chi connectivity index (χ4n) is 1.56. The van der Waals surface area contributed by atoms with Crippen molar-refractivity contribution >= 4 is 5.90 Å². The van der Waals surface area contributed by atoms with Gasteiger partial charge in [0.15, 0.2) is 5.90 Å². The van der Waals surface area contributed by atoms with E-state index in [2.05, 4.69) is 4.99 Å². The largest absolute Gasteiger partial charge is 0.478 e. The Hall–Kier alpha value is -1.38. The zero-order valence-electron chi connectivity index (χ0n) is 8.90. The maximum absolute atomic E-state index is 12.7. The van der Waals surface area contributed by atoms with Gasteiger partial charge in [-0.05, 0) is 17.7 Å². The molecule has 1 aromatic carbocycles. The third-order valence-corrected chi connectivity index (χ3v) is 2.42. The molecule has 0 N–H and O–H groups in total. The predicted molar refractivity (Wildman–Crippen MR) is 57.4 cm³/mol. The van der Waals surface area contributed by atoms with Crippen LogP contribution in [0.15, 0.2) is 29.3 Å². The second-order valence-corrected chi connectivity index (χ2v) is 4.00. The Bertz CT molecular complexity index is 370. The highest BCUT2D eigenvalue weighted by atomic mass is 19.1. The SMILES string of the molecule is CC(C)C1=NC(c2ccc(F)cc2)CO1. The molecule has 0 saturated carbocycles. The van der Waals surface area contributed by atoms with Gasteiger partial charge in [-0.25, -0.2) is 9.38 Å². The molecule has 1 atom stereocenters. The molecule has 1 heterocycles. The molecular weight excluding hydrogens is 193 g/mol. The summed E-state index contributed by atoms with van der Waals surface area (Å²) in [5.74, 6) is 0.894. The Balaban J connectivity index is 2.17. The lowest BCUT2D eigenvalue weighted by atomic mass is 10.1. The van der Waals surface area contributed by atoms with E-state index >= 15 is 0 Å². The van der Waals surface area contributed by atoms with Gasteiger partial charge in [0.05, 0.1) is 0 Å². The van der Waals surface area contributed by atoms with Gasteiger partial charge in [-0.15, -0.1) is 0 Å². The van der Waals surface area contributed by atoms with Gasteiger partial charge in [-0.3, -0.25) is 0 Å². The number of ether oxygens (including phenoxy) is 1. The molecule has 3 heteroatoms. The van der Waals surface area contributed by atoms with Crippen LogP contribution in [0.25, 0.3) is 0 Å². The predicted octanol–water partition coefficient (Wildman–Crippen LogP) is 2.95. The van der Waals surface area contributed by atoms with Gasteiger partial charge in [0.25, 0.3) is 0 Å². The summed E-state index contributed by atoms with van der Waals surface area (Å²) in [4.78, 5) is 4.46. The summed E-state index contributed by atoms with van der Waals surface area (Å²) < 4.78 is 18.2. The maximum atomic E-state index is 12.7. The lowest BCUT2D eigenvalue weighted by Gasteiger charge is -2.04. The Morgan fingerprint density at radius 1 is 1.33 bits per heavy atom. The quantitative estimate of drug-likeness (QED) is 0.730. The lowest BCUT2D eigenvalue weighted by Crippen LogP contribution is -2.06. The van der Waals surface area contributed by atoms with Gasteiger partial charge in [0.2, 0.25) is 0 Å². The van der Waals surface area contributed by atoms with Crippen molar-refractivity contribution in [1.82, 2.24) is 0 Å². The summed E-state index contributed by atoms with van der Waals surface area (Å²) in [6, 6.07) is 6.46. The lowest BCUT2D eigenvalue weighted by molar-refractivity contribution is 0.303. The zero-order valence-corrected chi connectivity index (χ0v) is 8.90. The molecule has 0 aliphatic carbocycles. The molecule has 2 rings (SSSR count). The smallest absolute Gasteiger partial charge is 0.186 e. The molecule has 1 aliphatic rings. The Kier molecular flexibility index (Phi) is 2.71. The van der Waals surface area contributed by atoms with Crippen LogP contribution in [0.5, 0.6) is 0 Å². The minimum atomic E-state index is -0.217. The van der Waals surface area contributed by atoms with Gasteiger partial charge in [-0.1, -0.05) is 26.0 Å². The molecule has 0 bridgehead atoms. The topological polar surface area (TPSA) is 21.6 Å². The second kappa shape index (κ2) is 4.01. The average molecular weight is 207 g/mol. The molecule has 0 spiro atoms. The van der Waals surface area contributed by atoms with E-state index in [4.69, 9.17) is 4.74 Å². The summed E-state index contributed by atoms with van der Waals surface area (Å²) in [7, 11) is 0. The Morgan fingerprint density at radius 2 is 2.00 bits per heavy atom. The molecule has 15 heavy (non-hydrogen) atoms. The minimum Gasteiger partial charge on any atom is -0.478 e. The molecule has 80 valence electrons. The number of halogens is 1. The first-order valence-corrected chi connectivity index (χ1v) is 5.13. The van der Waals surface area contributed by atoms with Crippen LogP contribution < -0.4 is 0 Å². The van der Waals surface area contributed by atoms with Crippen molar-refractivity contribution in [2.75, 3.05) is 6.61 Å². The van der Waals surface area contributed by atoms with Crippen molar-refractivity contribution < 1.29 is 9.13 Å². The van der Waals surface area contributed by atoms with Gasteiger partial charge >= 0.3 is 0 Å². The third-order valence-electron chi connectivity index (χ3n) is 2.42. The van der Waals surface area contributed by atoms with Gasteiger partial charge in [0, 0.05) is 5.92 Å². The summed E-state index contributed by atoms with van der Waals surface area (Å²) in [6.07, 6.45) is 0. The third kappa shape index (κ3) is 2.17. The van der Waals surface area contributed by atoms with Crippen LogP contribution in [0.1, 0.15) is 25.5 Å². The van der Waals surface area contributed by atoms with E-state index in [9.17, 15) is 4.39 Å². The van der Waals surface area contributed by atoms with E-state index in [1.807, 2.05) is 13.8 Å². The molecule has 1 aliphatic heterocycles. The van der Waals surface area contributed by atoms with E-state index in [-0.39, 0.29) is 11.9 Å². The molecule has 0 aromatic heterocycles. The minimum absolute atomic E-state index is 0.0306. The van der Waals surface area contributed by atoms with E-state index in [1.165, 1.54) is 12.1 Å². The number of hydrogen-bond donors (Lipinski definition) is 0. The second-order valence-electron chi connectivity index (χ2n) is 4.00. The standard InChI is InChI=1S/C12H14FNO/c1-8(2)12-14-11(7-15-12)9-3-5-10(13)6-4-9/h3-6,8,11H,7H2,1-2H3. The van der Waals surface area contributed by atoms with Crippen molar-refractivity contribution in [3.05, 3.63) is 35.6 Å². The Labute approximate surface area is 88.8 Å². The van der Waals surface area contributed by atoms with Crippen LogP contribution in [-0.2, 0) is 4.74 Å². The molecule has 1 aromatic rings. The first kappa shape index (κ1) is 10.1. The molecule has 0 saturated heterocycles. The van der Waals surface area contributed by atoms with Crippen molar-refractivity contribution in [3.63, 3.8) is 0 Å². The highest BCUT2D eigenvalue weighted by molar-refractivity contribution is 5.79. The summed E-state index contributed by atoms with van der Waals surface area (Å²) in [5, 5.41) is 0. The number of benzene rings is 1. The maximum Gasteiger partial charge on any atom is 0.186 e. The number of aliphatic imine (C=N–C) groups is 1. The van der Waals surface area contributed by atoms with Crippen LogP contribution in [0.4, 0.5) is 4.39 Å². The van der Waals surface area contributed by atoms with Gasteiger partial charge in [-0.2, -0.15) is 0 Å². The van der Waals surface area contributed by atoms with E-state index in [0.29, 0.717) is 12.5 Å². The fraction of sp³-hybridized carbons (Fsp3) is 0.417. The zero-order chi connectivity index (χ0) is 10.8. The molecule has 2 nitrogen and oxygen atoms in total. The first-order chi connectivity index (χ1) is 7.16. The van der Waals surface area contributed by atoms with Gasteiger partial charge in [0.1, 0.15) is 18.5 Å². The number of nitrogens with zero attached hydrogens (tertiary/aromatic N) is 1. The molecule has 0 fully saturated rings. The highest BCUT2D eigenvalue weighted by Crippen LogP contribution is 2.24. The van der Waals surface area contributed by atoms with E-state index in [1.54, 1.807) is 12.1 Å². The summed E-state index contributed by atoms with van der Waals surface area (Å²) in [6.45, 7) is 4.66. The van der Waals surface area contributed by atoms with Crippen molar-refractivity contribution in [1.29, 1.82) is 0 Å². The van der Waals surface area contributed by atoms with Crippen LogP contribution in [0.3, 0.4) is 0 Å². The molecule has 0 radical (unpaired) electrons. The molecule has 1 unspecified atom stereocenters. The van der Waals surface area contributed by atoms with Crippen LogP contribution in [-0.4, -0.2) is 12.5 Å². The van der Waals surface area contributed by atoms with Crippen LogP contribution in [0, 0.1) is 11.7 Å². The number of rotatable bonds is 2. The van der Waals surface area contributed by atoms with Crippen molar-refractivity contribution in [2.45, 2.75) is 19.9 Å². The first-order valence-electron chi connectivity index (χ1n) is 5.13. The van der Waals surface area contributed by atoms with Crippen molar-refractivity contribution in [2.24, 2.45) is 10.9 Å². The number of hydrogen-bond acceptors (Lipinski definition) is 2. The Morgan fingerprint density at radius 3 is 2.53 bits per heavy atom. The normalized spacial score (nSPS) is 20.3. The van der Waals surface area contributed by atoms with E-state index in [0.717, 1.165) is 11.5 Å².